The van der Waals surface area contributed by atoms with Crippen molar-refractivity contribution in [2.24, 2.45) is 0 Å². The van der Waals surface area contributed by atoms with E-state index >= 15 is 0 Å². The van der Waals surface area contributed by atoms with Gasteiger partial charge in [-0.05, 0) is 38.2 Å². The minimum atomic E-state index is -0.740. The molecule has 2 rings (SSSR count). The Morgan fingerprint density at radius 2 is 2.07 bits per heavy atom. The number of thioether (sulfide) groups is 1. The lowest BCUT2D eigenvalue weighted by molar-refractivity contribution is -0.404. The topological polar surface area (TPSA) is 90.7 Å². The van der Waals surface area contributed by atoms with E-state index in [4.69, 9.17) is 0 Å². The maximum atomic E-state index is 10.9. The number of aliphatic hydroxyl groups excluding tert-OH is 1. The van der Waals surface area contributed by atoms with Gasteiger partial charge in [0.05, 0.1) is 11.0 Å². The molecule has 0 aliphatic heterocycles. The summed E-state index contributed by atoms with van der Waals surface area (Å²) in [7, 11) is 4.14. The van der Waals surface area contributed by atoms with Gasteiger partial charge in [0, 0.05) is 40.9 Å². The number of thiophene rings is 1. The monoisotopic (exact) mass is 450 g/mol. The number of rotatable bonds is 13. The molecule has 1 aromatic heterocycles. The molecule has 1 heterocycles. The Morgan fingerprint density at radius 1 is 1.33 bits per heavy atom. The second-order valence-electron chi connectivity index (χ2n) is 7.17. The zero-order valence-electron chi connectivity index (χ0n) is 17.6. The van der Waals surface area contributed by atoms with Crippen molar-refractivity contribution in [2.75, 3.05) is 32.9 Å². The molecule has 0 bridgehead atoms. The quantitative estimate of drug-likeness (QED) is 0.245. The summed E-state index contributed by atoms with van der Waals surface area (Å²) in [5.74, 6) is 2.04. The van der Waals surface area contributed by atoms with Crippen LogP contribution in [-0.2, 0) is 12.3 Å². The van der Waals surface area contributed by atoms with Gasteiger partial charge in [-0.1, -0.05) is 30.3 Å². The van der Waals surface area contributed by atoms with Gasteiger partial charge in [-0.25, -0.2) is 0 Å². The number of nitrogens with zero attached hydrogens (tertiary/aromatic N) is 2. The second kappa shape index (κ2) is 12.6. The minimum Gasteiger partial charge on any atom is -0.387 e. The highest BCUT2D eigenvalue weighted by molar-refractivity contribution is 7.98. The summed E-state index contributed by atoms with van der Waals surface area (Å²) in [6, 6.07) is 11.5. The van der Waals surface area contributed by atoms with E-state index in [1.54, 1.807) is 11.8 Å². The van der Waals surface area contributed by atoms with E-state index in [1.807, 2.05) is 41.7 Å². The zero-order chi connectivity index (χ0) is 21.9. The summed E-state index contributed by atoms with van der Waals surface area (Å²) in [5.41, 5.74) is 2.10. The van der Waals surface area contributed by atoms with Gasteiger partial charge in [-0.3, -0.25) is 10.1 Å². The number of hydrogen-bond donors (Lipinski definition) is 3. The highest BCUT2D eigenvalue weighted by Crippen LogP contribution is 2.26. The molecule has 9 heteroatoms. The number of nitrogens with one attached hydrogen (secondary N) is 2. The van der Waals surface area contributed by atoms with Crippen molar-refractivity contribution in [2.45, 2.75) is 25.3 Å². The molecule has 30 heavy (non-hydrogen) atoms. The second-order valence-corrected chi connectivity index (χ2v) is 9.50. The molecule has 0 fully saturated rings. The third-order valence-electron chi connectivity index (χ3n) is 4.24. The maximum absolute atomic E-state index is 10.9. The van der Waals surface area contributed by atoms with Crippen molar-refractivity contribution in [1.29, 1.82) is 0 Å². The molecule has 0 radical (unpaired) electrons. The third kappa shape index (κ3) is 8.74. The molecule has 1 aromatic carbocycles. The van der Waals surface area contributed by atoms with Crippen LogP contribution in [0.15, 0.2) is 48.4 Å². The van der Waals surface area contributed by atoms with E-state index in [1.165, 1.54) is 15.3 Å². The Labute approximate surface area is 186 Å². The van der Waals surface area contributed by atoms with Gasteiger partial charge < -0.3 is 20.6 Å². The summed E-state index contributed by atoms with van der Waals surface area (Å²) in [5, 5.41) is 27.1. The Hall–Kier alpha value is -2.07. The highest BCUT2D eigenvalue weighted by atomic mass is 32.2. The van der Waals surface area contributed by atoms with Gasteiger partial charge in [0.2, 0.25) is 0 Å². The Bertz CT molecular complexity index is 825. The summed E-state index contributed by atoms with van der Waals surface area (Å²) in [6.07, 6.45) is 0.161. The van der Waals surface area contributed by atoms with E-state index in [2.05, 4.69) is 42.6 Å². The number of aliphatic hydroxyl groups is 1. The summed E-state index contributed by atoms with van der Waals surface area (Å²) in [6.45, 7) is 3.88. The van der Waals surface area contributed by atoms with Crippen LogP contribution in [-0.4, -0.2) is 47.9 Å². The maximum Gasteiger partial charge on any atom is 0.274 e. The first-order chi connectivity index (χ1) is 14.3. The van der Waals surface area contributed by atoms with Crippen LogP contribution < -0.4 is 10.6 Å². The van der Waals surface area contributed by atoms with Crippen LogP contribution in [0.3, 0.4) is 0 Å². The first-order valence-corrected chi connectivity index (χ1v) is 11.7. The normalized spacial score (nSPS) is 12.8. The lowest BCUT2D eigenvalue weighted by atomic mass is 10.1. The van der Waals surface area contributed by atoms with Gasteiger partial charge in [0.1, 0.15) is 0 Å². The smallest absolute Gasteiger partial charge is 0.274 e. The van der Waals surface area contributed by atoms with E-state index in [0.717, 1.165) is 29.8 Å². The molecule has 7 nitrogen and oxygen atoms in total. The van der Waals surface area contributed by atoms with Crippen LogP contribution in [0, 0.1) is 17.0 Å². The summed E-state index contributed by atoms with van der Waals surface area (Å²) < 4.78 is 0. The Morgan fingerprint density at radius 3 is 2.73 bits per heavy atom. The fourth-order valence-electron chi connectivity index (χ4n) is 2.79. The fraction of sp³-hybridized carbons (Fsp3) is 0.429. The molecule has 0 amide bonds. The number of aryl methyl sites for hydroxylation is 1. The van der Waals surface area contributed by atoms with Crippen molar-refractivity contribution < 1.29 is 10.0 Å². The Balaban J connectivity index is 1.75. The van der Waals surface area contributed by atoms with Crippen molar-refractivity contribution in [3.63, 3.8) is 0 Å². The van der Waals surface area contributed by atoms with Crippen molar-refractivity contribution in [1.82, 2.24) is 15.5 Å². The first-order valence-electron chi connectivity index (χ1n) is 9.72. The Kier molecular flexibility index (Phi) is 10.2. The molecular weight excluding hydrogens is 420 g/mol. The zero-order valence-corrected chi connectivity index (χ0v) is 19.3. The molecule has 0 saturated carbocycles. The van der Waals surface area contributed by atoms with Crippen LogP contribution in [0.2, 0.25) is 0 Å². The van der Waals surface area contributed by atoms with Crippen LogP contribution in [0.4, 0.5) is 0 Å². The van der Waals surface area contributed by atoms with E-state index in [9.17, 15) is 15.2 Å². The van der Waals surface area contributed by atoms with Gasteiger partial charge in [-0.15, -0.1) is 11.3 Å². The SMILES string of the molecule is Cc1cc(CSCCNC(=C[N+](=O)[O-])NCC(O)c2ccccc2)sc1CN(C)C. The van der Waals surface area contributed by atoms with Crippen molar-refractivity contribution in [3.05, 3.63) is 79.4 Å². The van der Waals surface area contributed by atoms with E-state index < -0.39 is 11.0 Å². The van der Waals surface area contributed by atoms with Crippen LogP contribution in [0.25, 0.3) is 0 Å². The van der Waals surface area contributed by atoms with Crippen molar-refractivity contribution in [3.8, 4) is 0 Å². The molecule has 0 aliphatic rings. The molecule has 1 atom stereocenters. The van der Waals surface area contributed by atoms with Crippen LogP contribution in [0.5, 0.6) is 0 Å². The summed E-state index contributed by atoms with van der Waals surface area (Å²) >= 11 is 3.64. The predicted molar refractivity (Wildman–Crippen MR) is 125 cm³/mol. The fourth-order valence-corrected chi connectivity index (χ4v) is 5.05. The third-order valence-corrected chi connectivity index (χ3v) is 6.65. The van der Waals surface area contributed by atoms with E-state index in [-0.39, 0.29) is 6.54 Å². The van der Waals surface area contributed by atoms with Crippen LogP contribution in [0.1, 0.15) is 27.0 Å². The first kappa shape index (κ1) is 24.2. The molecule has 164 valence electrons. The average molecular weight is 451 g/mol. The predicted octanol–water partition coefficient (Wildman–Crippen LogP) is 3.34. The molecule has 3 N–H and O–H groups in total. The summed E-state index contributed by atoms with van der Waals surface area (Å²) in [4.78, 5) is 15.3. The lowest BCUT2D eigenvalue weighted by Crippen LogP contribution is -2.31. The molecule has 0 spiro atoms. The lowest BCUT2D eigenvalue weighted by Gasteiger charge is -2.15. The highest BCUT2D eigenvalue weighted by Gasteiger charge is 2.10. The molecule has 0 aliphatic carbocycles. The van der Waals surface area contributed by atoms with Gasteiger partial charge in [-0.2, -0.15) is 11.8 Å². The van der Waals surface area contributed by atoms with Gasteiger partial charge >= 0.3 is 0 Å². The van der Waals surface area contributed by atoms with Gasteiger partial charge in [0.15, 0.2) is 5.82 Å². The van der Waals surface area contributed by atoms with Crippen LogP contribution >= 0.6 is 23.1 Å². The standard InChI is InChI=1S/C21H30N4O3S2/c1-16-11-18(30-20(16)13-24(2)3)15-29-10-9-22-21(14-25(27)28)23-12-19(26)17-7-5-4-6-8-17/h4-8,11,14,19,22-23,26H,9-10,12-13,15H2,1-3H3. The molecule has 0 saturated heterocycles. The number of hydrogen-bond acceptors (Lipinski definition) is 8. The largest absolute Gasteiger partial charge is 0.387 e. The number of nitro groups is 1. The van der Waals surface area contributed by atoms with Gasteiger partial charge in [0.25, 0.3) is 6.20 Å². The molecule has 2 aromatic rings. The van der Waals surface area contributed by atoms with Crippen molar-refractivity contribution >= 4 is 23.1 Å². The molecular formula is C21H30N4O3S2. The minimum absolute atomic E-state index is 0.187. The number of benzene rings is 1. The van der Waals surface area contributed by atoms with E-state index in [0.29, 0.717) is 12.4 Å². The molecule has 1 unspecified atom stereocenters. The average Bonchev–Trinajstić information content (AvgIpc) is 3.04.